The van der Waals surface area contributed by atoms with Crippen LogP contribution in [0.15, 0.2) is 48.5 Å². The van der Waals surface area contributed by atoms with Crippen molar-refractivity contribution in [1.82, 2.24) is 0 Å². The third-order valence-electron chi connectivity index (χ3n) is 2.78. The van der Waals surface area contributed by atoms with Crippen molar-refractivity contribution in [3.8, 4) is 11.5 Å². The Morgan fingerprint density at radius 2 is 1.37 bits per heavy atom. The van der Waals surface area contributed by atoms with E-state index in [1.807, 2.05) is 24.3 Å². The topological polar surface area (TPSA) is 40.5 Å². The first kappa shape index (κ1) is 15.1. The summed E-state index contributed by atoms with van der Waals surface area (Å²) in [7, 11) is 0. The summed E-state index contributed by atoms with van der Waals surface area (Å²) in [6.07, 6.45) is 0. The van der Waals surface area contributed by atoms with E-state index in [2.05, 4.69) is 39.8 Å². The summed E-state index contributed by atoms with van der Waals surface area (Å²) in [5.41, 5.74) is 2.34. The van der Waals surface area contributed by atoms with E-state index in [0.717, 1.165) is 5.56 Å². The molecule has 2 nitrogen and oxygen atoms in total. The minimum absolute atomic E-state index is 0.00514. The van der Waals surface area contributed by atoms with Crippen LogP contribution in [0.3, 0.4) is 0 Å². The molecule has 0 bridgehead atoms. The molecule has 0 aromatic heterocycles. The number of aromatic hydroxyl groups is 2. The van der Waals surface area contributed by atoms with E-state index in [4.69, 9.17) is 5.11 Å². The highest BCUT2D eigenvalue weighted by Crippen LogP contribution is 2.30. The van der Waals surface area contributed by atoms with Gasteiger partial charge in [-0.25, -0.2) is 0 Å². The van der Waals surface area contributed by atoms with E-state index in [0.29, 0.717) is 0 Å². The molecule has 2 rings (SSSR count). The number of rotatable bonds is 0. The number of benzene rings is 2. The Kier molecular flexibility index (Phi) is 4.99. The molecule has 0 amide bonds. The van der Waals surface area contributed by atoms with Crippen LogP contribution in [0, 0.1) is 6.92 Å². The first-order valence-corrected chi connectivity index (χ1v) is 6.35. The third-order valence-corrected chi connectivity index (χ3v) is 2.78. The maximum Gasteiger partial charge on any atom is 0.157 e. The van der Waals surface area contributed by atoms with Gasteiger partial charge in [0.1, 0.15) is 0 Å². The second kappa shape index (κ2) is 6.28. The van der Waals surface area contributed by atoms with Crippen LogP contribution in [0.5, 0.6) is 11.5 Å². The van der Waals surface area contributed by atoms with Crippen LogP contribution in [0.2, 0.25) is 0 Å². The van der Waals surface area contributed by atoms with Crippen molar-refractivity contribution in [2.45, 2.75) is 33.1 Å². The van der Waals surface area contributed by atoms with Crippen LogP contribution in [-0.4, -0.2) is 10.2 Å². The molecule has 0 saturated carbocycles. The van der Waals surface area contributed by atoms with E-state index in [-0.39, 0.29) is 16.9 Å². The van der Waals surface area contributed by atoms with Gasteiger partial charge in [-0.2, -0.15) is 0 Å². The van der Waals surface area contributed by atoms with Gasteiger partial charge >= 0.3 is 0 Å². The van der Waals surface area contributed by atoms with E-state index in [1.54, 1.807) is 6.07 Å². The van der Waals surface area contributed by atoms with Crippen LogP contribution in [0.4, 0.5) is 0 Å². The predicted octanol–water partition coefficient (Wildman–Crippen LogP) is 4.39. The van der Waals surface area contributed by atoms with Crippen LogP contribution >= 0.6 is 0 Å². The summed E-state index contributed by atoms with van der Waals surface area (Å²) in [5.74, 6) is -0.120. The van der Waals surface area contributed by atoms with Crippen molar-refractivity contribution in [2.75, 3.05) is 0 Å². The molecule has 102 valence electrons. The molecule has 0 heterocycles. The van der Waals surface area contributed by atoms with Crippen molar-refractivity contribution in [1.29, 1.82) is 0 Å². The number of phenols is 2. The standard InChI is InChI=1S/C10H14O2.C7H8/c1-10(2,3)7-4-5-8(11)9(12)6-7;1-7-5-3-2-4-6-7/h4-6,11-12H,1-3H3;2-6H,1H3. The van der Waals surface area contributed by atoms with E-state index in [9.17, 15) is 5.11 Å². The quantitative estimate of drug-likeness (QED) is 0.688. The van der Waals surface area contributed by atoms with E-state index in [1.165, 1.54) is 11.6 Å². The highest BCUT2D eigenvalue weighted by atomic mass is 16.3. The molecule has 0 saturated heterocycles. The smallest absolute Gasteiger partial charge is 0.157 e. The molecule has 0 aliphatic heterocycles. The normalized spacial score (nSPS) is 10.5. The zero-order valence-corrected chi connectivity index (χ0v) is 12.0. The minimum atomic E-state index is -0.0667. The maximum absolute atomic E-state index is 9.21. The van der Waals surface area contributed by atoms with Gasteiger partial charge in [-0.3, -0.25) is 0 Å². The van der Waals surface area contributed by atoms with Gasteiger partial charge in [0.25, 0.3) is 0 Å². The van der Waals surface area contributed by atoms with Gasteiger partial charge in [0.15, 0.2) is 11.5 Å². The molecule has 2 aromatic carbocycles. The van der Waals surface area contributed by atoms with Gasteiger partial charge in [0.05, 0.1) is 0 Å². The molecule has 0 aliphatic rings. The van der Waals surface area contributed by atoms with Crippen molar-refractivity contribution in [2.24, 2.45) is 0 Å². The fraction of sp³-hybridized carbons (Fsp3) is 0.294. The molecule has 0 fully saturated rings. The van der Waals surface area contributed by atoms with E-state index >= 15 is 0 Å². The van der Waals surface area contributed by atoms with Gasteiger partial charge in [0.2, 0.25) is 0 Å². The average Bonchev–Trinajstić information content (AvgIpc) is 2.33. The molecule has 0 aliphatic carbocycles. The van der Waals surface area contributed by atoms with Crippen LogP contribution in [0.25, 0.3) is 0 Å². The Bertz CT molecular complexity index is 511. The summed E-state index contributed by atoms with van der Waals surface area (Å²) < 4.78 is 0. The maximum atomic E-state index is 9.21. The molecule has 19 heavy (non-hydrogen) atoms. The zero-order valence-electron chi connectivity index (χ0n) is 12.0. The molecular weight excluding hydrogens is 236 g/mol. The monoisotopic (exact) mass is 258 g/mol. The van der Waals surface area contributed by atoms with Crippen molar-refractivity contribution in [3.63, 3.8) is 0 Å². The lowest BCUT2D eigenvalue weighted by Crippen LogP contribution is -2.10. The highest BCUT2D eigenvalue weighted by Gasteiger charge is 2.14. The molecule has 0 atom stereocenters. The first-order valence-electron chi connectivity index (χ1n) is 6.35. The van der Waals surface area contributed by atoms with Gasteiger partial charge in [0, 0.05) is 0 Å². The average molecular weight is 258 g/mol. The van der Waals surface area contributed by atoms with Gasteiger partial charge in [-0.05, 0) is 30.0 Å². The lowest BCUT2D eigenvalue weighted by Gasteiger charge is -2.19. The lowest BCUT2D eigenvalue weighted by atomic mass is 9.87. The van der Waals surface area contributed by atoms with Gasteiger partial charge in [-0.15, -0.1) is 0 Å². The molecule has 0 spiro atoms. The Balaban J connectivity index is 0.000000218. The molecule has 0 unspecified atom stereocenters. The summed E-state index contributed by atoms with van der Waals surface area (Å²) in [4.78, 5) is 0. The van der Waals surface area contributed by atoms with Crippen LogP contribution in [0.1, 0.15) is 31.9 Å². The fourth-order valence-electron chi connectivity index (χ4n) is 1.52. The number of aryl methyl sites for hydroxylation is 1. The van der Waals surface area contributed by atoms with Gasteiger partial charge in [-0.1, -0.05) is 62.7 Å². The zero-order chi connectivity index (χ0) is 14.5. The predicted molar refractivity (Wildman–Crippen MR) is 79.7 cm³/mol. The Hall–Kier alpha value is -1.96. The Labute approximate surface area is 115 Å². The number of hydrogen-bond donors (Lipinski definition) is 2. The summed E-state index contributed by atoms with van der Waals surface area (Å²) >= 11 is 0. The van der Waals surface area contributed by atoms with Crippen molar-refractivity contribution >= 4 is 0 Å². The fourth-order valence-corrected chi connectivity index (χ4v) is 1.52. The Morgan fingerprint density at radius 1 is 0.789 bits per heavy atom. The molecule has 2 heteroatoms. The lowest BCUT2D eigenvalue weighted by molar-refractivity contribution is 0.401. The van der Waals surface area contributed by atoms with Crippen molar-refractivity contribution < 1.29 is 10.2 Å². The SMILES string of the molecule is CC(C)(C)c1ccc(O)c(O)c1.Cc1ccccc1. The minimum Gasteiger partial charge on any atom is -0.504 e. The third kappa shape index (κ3) is 5.04. The second-order valence-corrected chi connectivity index (χ2v) is 5.61. The van der Waals surface area contributed by atoms with Gasteiger partial charge < -0.3 is 10.2 Å². The van der Waals surface area contributed by atoms with E-state index < -0.39 is 0 Å². The summed E-state index contributed by atoms with van der Waals surface area (Å²) in [6.45, 7) is 8.25. The van der Waals surface area contributed by atoms with Crippen LogP contribution in [-0.2, 0) is 5.41 Å². The number of hydrogen-bond acceptors (Lipinski definition) is 2. The molecule has 2 aromatic rings. The molecule has 0 radical (unpaired) electrons. The largest absolute Gasteiger partial charge is 0.504 e. The first-order chi connectivity index (χ1) is 8.80. The summed E-state index contributed by atoms with van der Waals surface area (Å²) in [6, 6.07) is 15.2. The van der Waals surface area contributed by atoms with Crippen LogP contribution < -0.4 is 0 Å². The molecular formula is C17H22O2. The highest BCUT2D eigenvalue weighted by molar-refractivity contribution is 5.42. The Morgan fingerprint density at radius 3 is 1.74 bits per heavy atom. The van der Waals surface area contributed by atoms with Crippen molar-refractivity contribution in [3.05, 3.63) is 59.7 Å². The number of phenolic OH excluding ortho intramolecular Hbond substituents is 2. The summed E-state index contributed by atoms with van der Waals surface area (Å²) in [5, 5.41) is 18.3. The molecule has 2 N–H and O–H groups in total. The second-order valence-electron chi connectivity index (χ2n) is 5.61.